The van der Waals surface area contributed by atoms with E-state index in [1.165, 1.54) is 0 Å². The van der Waals surface area contributed by atoms with Crippen molar-refractivity contribution < 1.29 is 9.47 Å². The SMILES string of the molecule is B[C@H]1CC(N)[C@@H](COC)O1. The van der Waals surface area contributed by atoms with Gasteiger partial charge in [0.2, 0.25) is 0 Å². The Bertz CT molecular complexity index is 112. The van der Waals surface area contributed by atoms with Crippen LogP contribution in [0.3, 0.4) is 0 Å². The fourth-order valence-corrected chi connectivity index (χ4v) is 1.32. The molecule has 0 aromatic rings. The molecule has 2 N–H and O–H groups in total. The highest BCUT2D eigenvalue weighted by Crippen LogP contribution is 2.16. The molecule has 3 nitrogen and oxygen atoms in total. The molecule has 4 heteroatoms. The van der Waals surface area contributed by atoms with Crippen LogP contribution >= 0.6 is 0 Å². The first kappa shape index (κ1) is 8.05. The molecule has 0 aromatic carbocycles. The highest BCUT2D eigenvalue weighted by Gasteiger charge is 2.29. The van der Waals surface area contributed by atoms with Crippen LogP contribution in [0.25, 0.3) is 0 Å². The summed E-state index contributed by atoms with van der Waals surface area (Å²) < 4.78 is 10.4. The summed E-state index contributed by atoms with van der Waals surface area (Å²) in [4.78, 5) is 0. The quantitative estimate of drug-likeness (QED) is 0.489. The van der Waals surface area contributed by atoms with Gasteiger partial charge in [-0.2, -0.15) is 0 Å². The smallest absolute Gasteiger partial charge is 0.139 e. The van der Waals surface area contributed by atoms with E-state index in [4.69, 9.17) is 15.2 Å². The first-order valence-corrected chi connectivity index (χ1v) is 3.64. The first-order valence-electron chi connectivity index (χ1n) is 3.64. The van der Waals surface area contributed by atoms with Gasteiger partial charge in [-0.25, -0.2) is 0 Å². The molecule has 0 bridgehead atoms. The molecule has 1 saturated heterocycles. The predicted octanol–water partition coefficient (Wildman–Crippen LogP) is -1.29. The van der Waals surface area contributed by atoms with Gasteiger partial charge in [0.15, 0.2) is 0 Å². The van der Waals surface area contributed by atoms with Crippen LogP contribution in [0.1, 0.15) is 6.42 Å². The van der Waals surface area contributed by atoms with E-state index in [-0.39, 0.29) is 12.1 Å². The summed E-state index contributed by atoms with van der Waals surface area (Å²) in [6, 6.07) is 0.463. The second kappa shape index (κ2) is 3.37. The van der Waals surface area contributed by atoms with Crippen molar-refractivity contribution in [2.45, 2.75) is 24.6 Å². The van der Waals surface area contributed by atoms with Gasteiger partial charge in [0.05, 0.1) is 12.7 Å². The molecule has 0 saturated carbocycles. The zero-order chi connectivity index (χ0) is 7.56. The third kappa shape index (κ3) is 1.72. The summed E-state index contributed by atoms with van der Waals surface area (Å²) in [5.41, 5.74) is 5.75. The lowest BCUT2D eigenvalue weighted by Crippen LogP contribution is -2.33. The average Bonchev–Trinajstić information content (AvgIpc) is 2.13. The molecule has 0 aromatic heterocycles. The van der Waals surface area contributed by atoms with Gasteiger partial charge >= 0.3 is 0 Å². The van der Waals surface area contributed by atoms with E-state index in [2.05, 4.69) is 0 Å². The molecule has 0 radical (unpaired) electrons. The molecule has 0 amide bonds. The molecular weight excluding hydrogens is 129 g/mol. The van der Waals surface area contributed by atoms with Crippen molar-refractivity contribution in [3.8, 4) is 0 Å². The van der Waals surface area contributed by atoms with Crippen LogP contribution in [0.2, 0.25) is 0 Å². The number of nitrogens with two attached hydrogens (primary N) is 1. The Hall–Kier alpha value is -0.0551. The molecule has 3 atom stereocenters. The average molecular weight is 143 g/mol. The van der Waals surface area contributed by atoms with Gasteiger partial charge in [-0.3, -0.25) is 0 Å². The Balaban J connectivity index is 2.31. The molecule has 1 rings (SSSR count). The normalized spacial score (nSPS) is 40.4. The predicted molar refractivity (Wildman–Crippen MR) is 41.7 cm³/mol. The maximum Gasteiger partial charge on any atom is 0.139 e. The maximum absolute atomic E-state index is 5.75. The molecule has 0 spiro atoms. The summed E-state index contributed by atoms with van der Waals surface area (Å²) in [6.07, 6.45) is 1.06. The Morgan fingerprint density at radius 2 is 2.50 bits per heavy atom. The second-order valence-electron chi connectivity index (χ2n) is 2.84. The van der Waals surface area contributed by atoms with Crippen molar-refractivity contribution in [2.75, 3.05) is 13.7 Å². The molecule has 58 valence electrons. The van der Waals surface area contributed by atoms with E-state index in [0.717, 1.165) is 6.42 Å². The number of methoxy groups -OCH3 is 1. The highest BCUT2D eigenvalue weighted by molar-refractivity contribution is 6.11. The minimum atomic E-state index is 0.111. The second-order valence-corrected chi connectivity index (χ2v) is 2.84. The Labute approximate surface area is 62.3 Å². The number of hydrogen-bond acceptors (Lipinski definition) is 3. The first-order chi connectivity index (χ1) is 4.74. The van der Waals surface area contributed by atoms with Crippen molar-refractivity contribution in [2.24, 2.45) is 5.73 Å². The summed E-state index contributed by atoms with van der Waals surface area (Å²) in [5.74, 6) is 0. The Morgan fingerprint density at radius 3 is 2.90 bits per heavy atom. The standard InChI is InChI=1S/C6H14BNO2/c1-9-3-5-4(8)2-6(7)10-5/h4-6H,2-3,7-8H2,1H3/t4?,5-,6-/m1/s1. The minimum Gasteiger partial charge on any atom is -0.382 e. The third-order valence-electron chi connectivity index (χ3n) is 1.82. The van der Waals surface area contributed by atoms with Crippen LogP contribution < -0.4 is 5.73 Å². The molecular formula is C6H14BNO2. The molecule has 1 aliphatic rings. The van der Waals surface area contributed by atoms with Crippen molar-refractivity contribution >= 4 is 7.85 Å². The Kier molecular flexibility index (Phi) is 2.71. The minimum absolute atomic E-state index is 0.111. The molecule has 0 aliphatic carbocycles. The molecule has 1 aliphatic heterocycles. The Morgan fingerprint density at radius 1 is 1.80 bits per heavy atom. The summed E-state index contributed by atoms with van der Waals surface area (Å²) in [6.45, 7) is 0.617. The van der Waals surface area contributed by atoms with E-state index < -0.39 is 0 Å². The third-order valence-corrected chi connectivity index (χ3v) is 1.82. The maximum atomic E-state index is 5.75. The van der Waals surface area contributed by atoms with E-state index >= 15 is 0 Å². The van der Waals surface area contributed by atoms with Gasteiger partial charge in [0, 0.05) is 19.2 Å². The summed E-state index contributed by atoms with van der Waals surface area (Å²) >= 11 is 0. The number of hydrogen-bond donors (Lipinski definition) is 1. The number of ether oxygens (including phenoxy) is 2. The van der Waals surface area contributed by atoms with Gasteiger partial charge in [-0.05, 0) is 6.42 Å². The van der Waals surface area contributed by atoms with Crippen LogP contribution in [0.4, 0.5) is 0 Å². The van der Waals surface area contributed by atoms with Gasteiger partial charge in [-0.15, -0.1) is 0 Å². The lowest BCUT2D eigenvalue weighted by Gasteiger charge is -2.12. The van der Waals surface area contributed by atoms with Crippen LogP contribution in [-0.4, -0.2) is 39.7 Å². The topological polar surface area (TPSA) is 44.5 Å². The van der Waals surface area contributed by atoms with Crippen LogP contribution in [0.15, 0.2) is 0 Å². The fourth-order valence-electron chi connectivity index (χ4n) is 1.32. The highest BCUT2D eigenvalue weighted by atomic mass is 16.5. The molecule has 1 unspecified atom stereocenters. The van der Waals surface area contributed by atoms with Crippen LogP contribution in [0.5, 0.6) is 0 Å². The summed E-state index contributed by atoms with van der Waals surface area (Å²) in [7, 11) is 3.70. The van der Waals surface area contributed by atoms with E-state index in [1.807, 2.05) is 7.85 Å². The van der Waals surface area contributed by atoms with Crippen molar-refractivity contribution in [3.63, 3.8) is 0 Å². The zero-order valence-electron chi connectivity index (χ0n) is 6.54. The van der Waals surface area contributed by atoms with Gasteiger partial charge in [0.1, 0.15) is 7.85 Å². The van der Waals surface area contributed by atoms with Crippen molar-refractivity contribution in [1.29, 1.82) is 0 Å². The van der Waals surface area contributed by atoms with Gasteiger partial charge in [0.25, 0.3) is 0 Å². The van der Waals surface area contributed by atoms with E-state index in [0.29, 0.717) is 12.6 Å². The van der Waals surface area contributed by atoms with Crippen molar-refractivity contribution in [3.05, 3.63) is 0 Å². The van der Waals surface area contributed by atoms with E-state index in [1.54, 1.807) is 7.11 Å². The van der Waals surface area contributed by atoms with Crippen LogP contribution in [0, 0.1) is 0 Å². The fraction of sp³-hybridized carbons (Fsp3) is 1.00. The largest absolute Gasteiger partial charge is 0.382 e. The monoisotopic (exact) mass is 143 g/mol. The molecule has 1 fully saturated rings. The molecule has 10 heavy (non-hydrogen) atoms. The van der Waals surface area contributed by atoms with Gasteiger partial charge < -0.3 is 15.2 Å². The lowest BCUT2D eigenvalue weighted by atomic mass is 9.95. The van der Waals surface area contributed by atoms with Gasteiger partial charge in [-0.1, -0.05) is 0 Å². The number of rotatable bonds is 2. The van der Waals surface area contributed by atoms with Crippen LogP contribution in [-0.2, 0) is 9.47 Å². The zero-order valence-corrected chi connectivity index (χ0v) is 6.54. The molecule has 1 heterocycles. The lowest BCUT2D eigenvalue weighted by molar-refractivity contribution is 0.0201. The summed E-state index contributed by atoms with van der Waals surface area (Å²) in [5, 5.41) is 0. The van der Waals surface area contributed by atoms with E-state index in [9.17, 15) is 0 Å². The van der Waals surface area contributed by atoms with Crippen molar-refractivity contribution in [1.82, 2.24) is 0 Å².